The van der Waals surface area contributed by atoms with Gasteiger partial charge in [-0.15, -0.1) is 0 Å². The minimum Gasteiger partial charge on any atom is -0.309 e. The Labute approximate surface area is 148 Å². The van der Waals surface area contributed by atoms with Crippen LogP contribution in [0.2, 0.25) is 0 Å². The van der Waals surface area contributed by atoms with Crippen LogP contribution < -0.4 is 5.56 Å². The van der Waals surface area contributed by atoms with E-state index in [2.05, 4.69) is 9.97 Å². The van der Waals surface area contributed by atoms with Crippen LogP contribution in [0, 0.1) is 6.92 Å². The number of nitrogens with zero attached hydrogens (tertiary/aromatic N) is 2. The SMILES string of the molecule is Cc1ccc(CN(C)Cc2nc3cc(C(F)(F)F)ccc3c(=O)[nH]2)cc1. The lowest BCUT2D eigenvalue weighted by Gasteiger charge is -2.16. The highest BCUT2D eigenvalue weighted by Gasteiger charge is 2.30. The molecular formula is C19H18F3N3O. The van der Waals surface area contributed by atoms with Crippen molar-refractivity contribution in [2.45, 2.75) is 26.2 Å². The van der Waals surface area contributed by atoms with Crippen molar-refractivity contribution in [3.8, 4) is 0 Å². The molecule has 0 amide bonds. The second-order valence-electron chi connectivity index (χ2n) is 6.40. The number of nitrogens with one attached hydrogen (secondary N) is 1. The number of aromatic nitrogens is 2. The first-order valence-corrected chi connectivity index (χ1v) is 8.06. The molecule has 3 rings (SSSR count). The van der Waals surface area contributed by atoms with Crippen LogP contribution in [0.1, 0.15) is 22.5 Å². The number of rotatable bonds is 4. The first kappa shape index (κ1) is 18.1. The van der Waals surface area contributed by atoms with Crippen LogP contribution in [0.15, 0.2) is 47.3 Å². The van der Waals surface area contributed by atoms with Crippen molar-refractivity contribution in [3.63, 3.8) is 0 Å². The molecule has 0 atom stereocenters. The Balaban J connectivity index is 1.85. The van der Waals surface area contributed by atoms with Gasteiger partial charge in [-0.25, -0.2) is 4.98 Å². The quantitative estimate of drug-likeness (QED) is 0.767. The highest BCUT2D eigenvalue weighted by atomic mass is 19.4. The number of fused-ring (bicyclic) bond motifs is 1. The number of halogens is 3. The smallest absolute Gasteiger partial charge is 0.309 e. The summed E-state index contributed by atoms with van der Waals surface area (Å²) in [5.74, 6) is 0.330. The number of hydrogen-bond donors (Lipinski definition) is 1. The lowest BCUT2D eigenvalue weighted by atomic mass is 10.1. The fourth-order valence-electron chi connectivity index (χ4n) is 2.76. The van der Waals surface area contributed by atoms with Crippen LogP contribution in [-0.4, -0.2) is 21.9 Å². The fourth-order valence-corrected chi connectivity index (χ4v) is 2.76. The molecule has 0 saturated heterocycles. The third-order valence-corrected chi connectivity index (χ3v) is 4.08. The van der Waals surface area contributed by atoms with Gasteiger partial charge in [-0.2, -0.15) is 13.2 Å². The lowest BCUT2D eigenvalue weighted by molar-refractivity contribution is -0.137. The van der Waals surface area contributed by atoms with E-state index in [-0.39, 0.29) is 10.9 Å². The summed E-state index contributed by atoms with van der Waals surface area (Å²) in [6, 6.07) is 11.0. The van der Waals surface area contributed by atoms with Gasteiger partial charge in [0, 0.05) is 6.54 Å². The number of aromatic amines is 1. The summed E-state index contributed by atoms with van der Waals surface area (Å²) < 4.78 is 38.6. The Bertz CT molecular complexity index is 978. The van der Waals surface area contributed by atoms with Crippen LogP contribution in [0.3, 0.4) is 0 Å². The minimum absolute atomic E-state index is 0.0438. The molecule has 0 aliphatic carbocycles. The summed E-state index contributed by atoms with van der Waals surface area (Å²) in [6.07, 6.45) is -4.47. The van der Waals surface area contributed by atoms with Gasteiger partial charge in [0.1, 0.15) is 5.82 Å². The van der Waals surface area contributed by atoms with E-state index < -0.39 is 17.3 Å². The second kappa shape index (κ2) is 6.92. The number of hydrogen-bond acceptors (Lipinski definition) is 3. The van der Waals surface area contributed by atoms with E-state index in [1.54, 1.807) is 0 Å². The molecule has 0 aliphatic heterocycles. The van der Waals surface area contributed by atoms with Crippen molar-refractivity contribution in [3.05, 3.63) is 75.3 Å². The van der Waals surface area contributed by atoms with E-state index in [9.17, 15) is 18.0 Å². The maximum absolute atomic E-state index is 12.9. The summed E-state index contributed by atoms with van der Waals surface area (Å²) in [6.45, 7) is 2.95. The largest absolute Gasteiger partial charge is 0.416 e. The van der Waals surface area contributed by atoms with Gasteiger partial charge in [-0.05, 0) is 37.7 Å². The molecule has 0 radical (unpaired) electrons. The van der Waals surface area contributed by atoms with Crippen LogP contribution in [0.25, 0.3) is 10.9 Å². The zero-order valence-corrected chi connectivity index (χ0v) is 14.4. The Morgan fingerprint density at radius 1 is 1.08 bits per heavy atom. The standard InChI is InChI=1S/C19H18F3N3O/c1-12-3-5-13(6-4-12)10-25(2)11-17-23-16-9-14(19(20,21)22)7-8-15(16)18(26)24-17/h3-9H,10-11H2,1-2H3,(H,23,24,26). The van der Waals surface area contributed by atoms with Crippen molar-refractivity contribution < 1.29 is 13.2 Å². The number of H-pyrrole nitrogens is 1. The minimum atomic E-state index is -4.47. The molecule has 136 valence electrons. The van der Waals surface area contributed by atoms with Crippen molar-refractivity contribution >= 4 is 10.9 Å². The van der Waals surface area contributed by atoms with Crippen LogP contribution in [0.4, 0.5) is 13.2 Å². The van der Waals surface area contributed by atoms with Gasteiger partial charge in [0.2, 0.25) is 0 Å². The lowest BCUT2D eigenvalue weighted by Crippen LogP contribution is -2.22. The van der Waals surface area contributed by atoms with Crippen LogP contribution in [0.5, 0.6) is 0 Å². The fraction of sp³-hybridized carbons (Fsp3) is 0.263. The van der Waals surface area contributed by atoms with E-state index in [0.717, 1.165) is 29.3 Å². The molecule has 1 aromatic heterocycles. The summed E-state index contributed by atoms with van der Waals surface area (Å²) in [5.41, 5.74) is 1.05. The zero-order chi connectivity index (χ0) is 18.9. The molecule has 3 aromatic rings. The Hall–Kier alpha value is -2.67. The molecule has 7 heteroatoms. The molecule has 0 spiro atoms. The van der Waals surface area contributed by atoms with Gasteiger partial charge in [-0.1, -0.05) is 29.8 Å². The molecule has 0 unspecified atom stereocenters. The molecule has 0 aliphatic rings. The molecule has 2 aromatic carbocycles. The highest BCUT2D eigenvalue weighted by Crippen LogP contribution is 2.30. The van der Waals surface area contributed by atoms with Crippen LogP contribution >= 0.6 is 0 Å². The third kappa shape index (κ3) is 4.11. The Kier molecular flexibility index (Phi) is 4.82. The molecule has 0 fully saturated rings. The first-order chi connectivity index (χ1) is 12.2. The predicted octanol–water partition coefficient (Wildman–Crippen LogP) is 3.88. The monoisotopic (exact) mass is 361 g/mol. The molecule has 1 N–H and O–H groups in total. The first-order valence-electron chi connectivity index (χ1n) is 8.06. The second-order valence-corrected chi connectivity index (χ2v) is 6.40. The Morgan fingerprint density at radius 3 is 2.42 bits per heavy atom. The van der Waals surface area contributed by atoms with Gasteiger partial charge < -0.3 is 4.98 Å². The molecule has 26 heavy (non-hydrogen) atoms. The summed E-state index contributed by atoms with van der Waals surface area (Å²) in [5, 5.41) is 0.142. The van der Waals surface area contributed by atoms with Gasteiger partial charge in [0.05, 0.1) is 23.0 Å². The average molecular weight is 361 g/mol. The average Bonchev–Trinajstić information content (AvgIpc) is 2.55. The van der Waals surface area contributed by atoms with Gasteiger partial charge in [-0.3, -0.25) is 9.69 Å². The Morgan fingerprint density at radius 2 is 1.77 bits per heavy atom. The number of alkyl halides is 3. The zero-order valence-electron chi connectivity index (χ0n) is 14.4. The molecule has 4 nitrogen and oxygen atoms in total. The van der Waals surface area contributed by atoms with E-state index in [1.807, 2.05) is 43.1 Å². The summed E-state index contributed by atoms with van der Waals surface area (Å²) in [4.78, 5) is 20.9. The maximum atomic E-state index is 12.9. The van der Waals surface area contributed by atoms with Crippen molar-refractivity contribution in [2.75, 3.05) is 7.05 Å². The molecular weight excluding hydrogens is 343 g/mol. The normalized spacial score (nSPS) is 12.1. The highest BCUT2D eigenvalue weighted by molar-refractivity contribution is 5.78. The molecule has 0 saturated carbocycles. The van der Waals surface area contributed by atoms with Gasteiger partial charge >= 0.3 is 6.18 Å². The summed E-state index contributed by atoms with van der Waals surface area (Å²) >= 11 is 0. The molecule has 1 heterocycles. The van der Waals surface area contributed by atoms with Crippen molar-refractivity contribution in [1.82, 2.24) is 14.9 Å². The van der Waals surface area contributed by atoms with Crippen molar-refractivity contribution in [1.29, 1.82) is 0 Å². The third-order valence-electron chi connectivity index (χ3n) is 4.08. The van der Waals surface area contributed by atoms with Crippen LogP contribution in [-0.2, 0) is 19.3 Å². The number of aryl methyl sites for hydroxylation is 1. The summed E-state index contributed by atoms with van der Waals surface area (Å²) in [7, 11) is 1.86. The van der Waals surface area contributed by atoms with E-state index in [4.69, 9.17) is 0 Å². The maximum Gasteiger partial charge on any atom is 0.416 e. The van der Waals surface area contributed by atoms with Crippen molar-refractivity contribution in [2.24, 2.45) is 0 Å². The van der Waals surface area contributed by atoms with E-state index in [1.165, 1.54) is 0 Å². The predicted molar refractivity (Wildman–Crippen MR) is 93.7 cm³/mol. The van der Waals surface area contributed by atoms with E-state index in [0.29, 0.717) is 18.9 Å². The van der Waals surface area contributed by atoms with Gasteiger partial charge in [0.25, 0.3) is 5.56 Å². The molecule has 0 bridgehead atoms. The number of benzene rings is 2. The van der Waals surface area contributed by atoms with E-state index >= 15 is 0 Å². The topological polar surface area (TPSA) is 49.0 Å². The van der Waals surface area contributed by atoms with Gasteiger partial charge in [0.15, 0.2) is 0 Å².